The molecule has 2 aromatic carbocycles. The molecular formula is C20H21ClN2O. The van der Waals surface area contributed by atoms with Crippen LogP contribution in [0.25, 0.3) is 0 Å². The number of halogens is 1. The van der Waals surface area contributed by atoms with Crippen LogP contribution in [0.2, 0.25) is 5.02 Å². The SMILES string of the molecule is C=C1C(C(=O)NC(C)c2ccc(Cl)cc2)CCN1c1ccccc1. The van der Waals surface area contributed by atoms with Crippen LogP contribution < -0.4 is 10.2 Å². The first-order valence-electron chi connectivity index (χ1n) is 8.13. The first-order chi connectivity index (χ1) is 11.6. The van der Waals surface area contributed by atoms with Crippen molar-refractivity contribution >= 4 is 23.2 Å². The van der Waals surface area contributed by atoms with Gasteiger partial charge < -0.3 is 10.2 Å². The highest BCUT2D eigenvalue weighted by Gasteiger charge is 2.33. The van der Waals surface area contributed by atoms with Gasteiger partial charge in [-0.15, -0.1) is 0 Å². The highest BCUT2D eigenvalue weighted by Crippen LogP contribution is 2.32. The van der Waals surface area contributed by atoms with Gasteiger partial charge in [0.2, 0.25) is 5.91 Å². The molecule has 0 bridgehead atoms. The van der Waals surface area contributed by atoms with E-state index in [4.69, 9.17) is 11.6 Å². The van der Waals surface area contributed by atoms with Gasteiger partial charge in [-0.05, 0) is 43.2 Å². The molecule has 0 aliphatic carbocycles. The maximum Gasteiger partial charge on any atom is 0.229 e. The van der Waals surface area contributed by atoms with Gasteiger partial charge in [-0.3, -0.25) is 4.79 Å². The average molecular weight is 341 g/mol. The normalized spacial score (nSPS) is 18.5. The molecule has 1 fully saturated rings. The fourth-order valence-electron chi connectivity index (χ4n) is 3.09. The maximum atomic E-state index is 12.7. The molecule has 4 heteroatoms. The van der Waals surface area contributed by atoms with E-state index in [1.807, 2.05) is 61.5 Å². The van der Waals surface area contributed by atoms with Crippen molar-refractivity contribution in [2.45, 2.75) is 19.4 Å². The van der Waals surface area contributed by atoms with Gasteiger partial charge in [0.1, 0.15) is 0 Å². The maximum absolute atomic E-state index is 12.7. The van der Waals surface area contributed by atoms with E-state index in [9.17, 15) is 4.79 Å². The van der Waals surface area contributed by atoms with Gasteiger partial charge in [-0.25, -0.2) is 0 Å². The zero-order valence-corrected chi connectivity index (χ0v) is 14.5. The molecule has 2 aromatic rings. The van der Waals surface area contributed by atoms with Crippen molar-refractivity contribution in [1.29, 1.82) is 0 Å². The van der Waals surface area contributed by atoms with Crippen molar-refractivity contribution in [2.24, 2.45) is 5.92 Å². The van der Waals surface area contributed by atoms with Crippen LogP contribution in [0, 0.1) is 5.92 Å². The van der Waals surface area contributed by atoms with Crippen molar-refractivity contribution in [3.05, 3.63) is 77.5 Å². The number of carbonyl (C=O) groups excluding carboxylic acids is 1. The minimum atomic E-state index is -0.181. The summed E-state index contributed by atoms with van der Waals surface area (Å²) < 4.78 is 0. The highest BCUT2D eigenvalue weighted by atomic mass is 35.5. The fourth-order valence-corrected chi connectivity index (χ4v) is 3.22. The van der Waals surface area contributed by atoms with E-state index in [1.54, 1.807) is 0 Å². The number of hydrogen-bond acceptors (Lipinski definition) is 2. The summed E-state index contributed by atoms with van der Waals surface area (Å²) in [6.45, 7) is 6.95. The van der Waals surface area contributed by atoms with Gasteiger partial charge in [0, 0.05) is 23.0 Å². The van der Waals surface area contributed by atoms with E-state index < -0.39 is 0 Å². The van der Waals surface area contributed by atoms with E-state index in [2.05, 4.69) is 16.8 Å². The minimum Gasteiger partial charge on any atom is -0.349 e. The van der Waals surface area contributed by atoms with Crippen LogP contribution in [0.1, 0.15) is 24.9 Å². The molecule has 1 saturated heterocycles. The van der Waals surface area contributed by atoms with Gasteiger partial charge in [-0.2, -0.15) is 0 Å². The molecule has 124 valence electrons. The quantitative estimate of drug-likeness (QED) is 0.885. The Morgan fingerprint density at radius 3 is 2.54 bits per heavy atom. The Kier molecular flexibility index (Phi) is 4.91. The van der Waals surface area contributed by atoms with Crippen LogP contribution in [0.3, 0.4) is 0 Å². The lowest BCUT2D eigenvalue weighted by Crippen LogP contribution is -2.33. The van der Waals surface area contributed by atoms with Crippen LogP contribution in [0.15, 0.2) is 66.9 Å². The number of amides is 1. The smallest absolute Gasteiger partial charge is 0.229 e. The number of carbonyl (C=O) groups is 1. The number of para-hydroxylation sites is 1. The Bertz CT molecular complexity index is 727. The molecule has 1 N–H and O–H groups in total. The van der Waals surface area contributed by atoms with Crippen LogP contribution in [-0.4, -0.2) is 12.5 Å². The lowest BCUT2D eigenvalue weighted by Gasteiger charge is -2.22. The molecular weight excluding hydrogens is 320 g/mol. The Morgan fingerprint density at radius 2 is 1.88 bits per heavy atom. The number of nitrogens with one attached hydrogen (secondary N) is 1. The van der Waals surface area contributed by atoms with E-state index in [0.29, 0.717) is 5.02 Å². The van der Waals surface area contributed by atoms with Crippen molar-refractivity contribution < 1.29 is 4.79 Å². The predicted octanol–water partition coefficient (Wildman–Crippen LogP) is 4.56. The Labute approximate surface area is 147 Å². The lowest BCUT2D eigenvalue weighted by molar-refractivity contribution is -0.124. The van der Waals surface area contributed by atoms with Crippen LogP contribution in [-0.2, 0) is 4.79 Å². The summed E-state index contributed by atoms with van der Waals surface area (Å²) >= 11 is 5.91. The number of hydrogen-bond donors (Lipinski definition) is 1. The summed E-state index contributed by atoms with van der Waals surface area (Å²) in [7, 11) is 0. The van der Waals surface area contributed by atoms with Gasteiger partial charge >= 0.3 is 0 Å². The molecule has 3 rings (SSSR count). The molecule has 1 aliphatic rings. The second kappa shape index (κ2) is 7.10. The zero-order chi connectivity index (χ0) is 17.1. The Hall–Kier alpha value is -2.26. The summed E-state index contributed by atoms with van der Waals surface area (Å²) in [5.41, 5.74) is 2.99. The summed E-state index contributed by atoms with van der Waals surface area (Å²) in [5.74, 6) is -0.152. The van der Waals surface area contributed by atoms with Crippen LogP contribution in [0.5, 0.6) is 0 Å². The summed E-state index contributed by atoms with van der Waals surface area (Å²) in [4.78, 5) is 14.8. The monoisotopic (exact) mass is 340 g/mol. The highest BCUT2D eigenvalue weighted by molar-refractivity contribution is 6.30. The van der Waals surface area contributed by atoms with Crippen molar-refractivity contribution in [3.63, 3.8) is 0 Å². The van der Waals surface area contributed by atoms with Crippen LogP contribution >= 0.6 is 11.6 Å². The second-order valence-electron chi connectivity index (χ2n) is 6.10. The molecule has 0 spiro atoms. The topological polar surface area (TPSA) is 32.3 Å². The van der Waals surface area contributed by atoms with Gasteiger partial charge in [0.25, 0.3) is 0 Å². The molecule has 2 atom stereocenters. The Morgan fingerprint density at radius 1 is 1.21 bits per heavy atom. The number of anilines is 1. The summed E-state index contributed by atoms with van der Waals surface area (Å²) in [6, 6.07) is 17.6. The van der Waals surface area contributed by atoms with Gasteiger partial charge in [0.15, 0.2) is 0 Å². The Balaban J connectivity index is 1.65. The van der Waals surface area contributed by atoms with Crippen molar-refractivity contribution in [1.82, 2.24) is 5.32 Å². The summed E-state index contributed by atoms with van der Waals surface area (Å²) in [6.07, 6.45) is 0.785. The zero-order valence-electron chi connectivity index (χ0n) is 13.7. The molecule has 24 heavy (non-hydrogen) atoms. The fraction of sp³-hybridized carbons (Fsp3) is 0.250. The number of rotatable bonds is 4. The third-order valence-electron chi connectivity index (χ3n) is 4.50. The predicted molar refractivity (Wildman–Crippen MR) is 99.0 cm³/mol. The standard InChI is InChI=1S/C20H21ClN2O/c1-14(16-8-10-17(21)11-9-16)22-20(24)19-12-13-23(15(19)2)18-6-4-3-5-7-18/h3-11,14,19H,2,12-13H2,1H3,(H,22,24). The van der Waals surface area contributed by atoms with E-state index in [1.165, 1.54) is 0 Å². The largest absolute Gasteiger partial charge is 0.349 e. The average Bonchev–Trinajstić information content (AvgIpc) is 2.98. The number of nitrogens with zero attached hydrogens (tertiary/aromatic N) is 1. The van der Waals surface area contributed by atoms with Gasteiger partial charge in [-0.1, -0.05) is 48.5 Å². The second-order valence-corrected chi connectivity index (χ2v) is 6.54. The molecule has 0 saturated carbocycles. The van der Waals surface area contributed by atoms with E-state index in [-0.39, 0.29) is 17.9 Å². The lowest BCUT2D eigenvalue weighted by atomic mass is 10.0. The first kappa shape index (κ1) is 16.6. The van der Waals surface area contributed by atoms with Crippen molar-refractivity contribution in [3.8, 4) is 0 Å². The third-order valence-corrected chi connectivity index (χ3v) is 4.76. The molecule has 1 heterocycles. The van der Waals surface area contributed by atoms with Crippen LogP contribution in [0.4, 0.5) is 5.69 Å². The molecule has 3 nitrogen and oxygen atoms in total. The van der Waals surface area contributed by atoms with E-state index in [0.717, 1.165) is 29.9 Å². The number of benzene rings is 2. The third kappa shape index (κ3) is 3.46. The van der Waals surface area contributed by atoms with Crippen molar-refractivity contribution in [2.75, 3.05) is 11.4 Å². The molecule has 0 aromatic heterocycles. The molecule has 0 radical (unpaired) electrons. The molecule has 1 aliphatic heterocycles. The first-order valence-corrected chi connectivity index (χ1v) is 8.51. The van der Waals surface area contributed by atoms with Gasteiger partial charge in [0.05, 0.1) is 12.0 Å². The van der Waals surface area contributed by atoms with E-state index >= 15 is 0 Å². The molecule has 1 amide bonds. The minimum absolute atomic E-state index is 0.0286. The summed E-state index contributed by atoms with van der Waals surface area (Å²) in [5, 5.41) is 3.78. The molecule has 2 unspecified atom stereocenters.